The maximum Gasteiger partial charge on any atom is 0.154 e. The summed E-state index contributed by atoms with van der Waals surface area (Å²) in [5.41, 5.74) is 6.05. The fourth-order valence-corrected chi connectivity index (χ4v) is 1.46. The zero-order valence-electron chi connectivity index (χ0n) is 8.72. The molecule has 0 radical (unpaired) electrons. The van der Waals surface area contributed by atoms with Crippen molar-refractivity contribution in [1.82, 2.24) is 0 Å². The summed E-state index contributed by atoms with van der Waals surface area (Å²) in [5.74, 6) is 0.607. The molecule has 0 spiro atoms. The lowest BCUT2D eigenvalue weighted by atomic mass is 10.2. The third-order valence-electron chi connectivity index (χ3n) is 2.13. The number of phenolic OH excluding ortho intramolecular Hbond substituents is 2. The van der Waals surface area contributed by atoms with Crippen LogP contribution in [-0.2, 0) is 0 Å². The highest BCUT2D eigenvalue weighted by Crippen LogP contribution is 2.36. The minimum atomic E-state index is 0.0307. The largest absolute Gasteiger partial charge is 0.508 e. The molecule has 0 bridgehead atoms. The Morgan fingerprint density at radius 2 is 1.53 bits per heavy atom. The number of hydrogen-bond donors (Lipinski definition) is 3. The smallest absolute Gasteiger partial charge is 0.154 e. The predicted molar refractivity (Wildman–Crippen MR) is 65.7 cm³/mol. The van der Waals surface area contributed by atoms with Crippen LogP contribution >= 0.6 is 11.6 Å². The Balaban J connectivity index is 2.37. The van der Waals surface area contributed by atoms with Gasteiger partial charge in [0.2, 0.25) is 0 Å². The molecule has 0 aliphatic rings. The molecular weight excluding hydrogens is 242 g/mol. The quantitative estimate of drug-likeness (QED) is 0.566. The van der Waals surface area contributed by atoms with Crippen LogP contribution in [0.5, 0.6) is 23.0 Å². The maximum absolute atomic E-state index is 9.32. The van der Waals surface area contributed by atoms with Gasteiger partial charge in [0, 0.05) is 12.1 Å². The Morgan fingerprint density at radius 1 is 0.941 bits per heavy atom. The van der Waals surface area contributed by atoms with Gasteiger partial charge in [-0.25, -0.2) is 0 Å². The summed E-state index contributed by atoms with van der Waals surface area (Å²) in [4.78, 5) is 0. The van der Waals surface area contributed by atoms with Gasteiger partial charge in [-0.1, -0.05) is 11.6 Å². The molecular formula is C12H10ClNO3. The lowest BCUT2D eigenvalue weighted by Crippen LogP contribution is -1.92. The van der Waals surface area contributed by atoms with E-state index in [1.807, 2.05) is 0 Å². The molecule has 0 unspecified atom stereocenters. The lowest BCUT2D eigenvalue weighted by molar-refractivity contribution is 0.447. The number of nitrogen functional groups attached to an aromatic ring is 1. The minimum Gasteiger partial charge on any atom is -0.508 e. The van der Waals surface area contributed by atoms with Gasteiger partial charge in [-0.2, -0.15) is 0 Å². The van der Waals surface area contributed by atoms with Gasteiger partial charge in [0.25, 0.3) is 0 Å². The third-order valence-corrected chi connectivity index (χ3v) is 2.44. The average molecular weight is 252 g/mol. The van der Waals surface area contributed by atoms with E-state index < -0.39 is 0 Å². The normalized spacial score (nSPS) is 10.2. The van der Waals surface area contributed by atoms with Gasteiger partial charge in [0.15, 0.2) is 5.75 Å². The Bertz CT molecular complexity index is 508. The minimum absolute atomic E-state index is 0.0307. The zero-order valence-corrected chi connectivity index (χ0v) is 9.48. The molecule has 0 amide bonds. The highest BCUT2D eigenvalue weighted by molar-refractivity contribution is 6.32. The second-order valence-electron chi connectivity index (χ2n) is 3.44. The standard InChI is InChI=1S/C12H10ClNO3/c13-9-3-1-7(15)5-11(9)17-12-6-8(16)2-4-10(12)14/h1-6,15-16H,14H2. The molecule has 88 valence electrons. The third kappa shape index (κ3) is 2.54. The molecule has 0 heterocycles. The van der Waals surface area contributed by atoms with Crippen molar-refractivity contribution >= 4 is 17.3 Å². The van der Waals surface area contributed by atoms with Crippen LogP contribution in [0.2, 0.25) is 5.02 Å². The summed E-state index contributed by atoms with van der Waals surface area (Å²) in [6.45, 7) is 0. The Hall–Kier alpha value is -2.07. The molecule has 0 saturated carbocycles. The molecule has 17 heavy (non-hydrogen) atoms. The van der Waals surface area contributed by atoms with Gasteiger partial charge in [-0.15, -0.1) is 0 Å². The summed E-state index contributed by atoms with van der Waals surface area (Å²) < 4.78 is 5.42. The van der Waals surface area contributed by atoms with Crippen LogP contribution in [0.15, 0.2) is 36.4 Å². The van der Waals surface area contributed by atoms with Crippen LogP contribution in [0.25, 0.3) is 0 Å². The van der Waals surface area contributed by atoms with E-state index in [1.54, 1.807) is 0 Å². The monoisotopic (exact) mass is 251 g/mol. The van der Waals surface area contributed by atoms with Crippen molar-refractivity contribution in [3.63, 3.8) is 0 Å². The summed E-state index contributed by atoms with van der Waals surface area (Å²) >= 11 is 5.90. The fourth-order valence-electron chi connectivity index (χ4n) is 1.30. The highest BCUT2D eigenvalue weighted by atomic mass is 35.5. The Morgan fingerprint density at radius 3 is 2.24 bits per heavy atom. The van der Waals surface area contributed by atoms with Gasteiger partial charge < -0.3 is 20.7 Å². The van der Waals surface area contributed by atoms with Gasteiger partial charge in [-0.3, -0.25) is 0 Å². The first-order chi connectivity index (χ1) is 8.06. The molecule has 0 aromatic heterocycles. The van der Waals surface area contributed by atoms with E-state index >= 15 is 0 Å². The van der Waals surface area contributed by atoms with Gasteiger partial charge in [0.05, 0.1) is 10.7 Å². The van der Waals surface area contributed by atoms with Crippen LogP contribution in [-0.4, -0.2) is 10.2 Å². The first-order valence-corrected chi connectivity index (χ1v) is 5.19. The fraction of sp³-hybridized carbons (Fsp3) is 0. The number of ether oxygens (including phenoxy) is 1. The molecule has 2 rings (SSSR count). The number of hydrogen-bond acceptors (Lipinski definition) is 4. The highest BCUT2D eigenvalue weighted by Gasteiger charge is 2.07. The second-order valence-corrected chi connectivity index (χ2v) is 3.85. The van der Waals surface area contributed by atoms with E-state index in [2.05, 4.69) is 0 Å². The number of aromatic hydroxyl groups is 2. The molecule has 4 nitrogen and oxygen atoms in total. The summed E-state index contributed by atoms with van der Waals surface area (Å²) in [6, 6.07) is 8.65. The topological polar surface area (TPSA) is 75.7 Å². The van der Waals surface area contributed by atoms with E-state index in [0.717, 1.165) is 0 Å². The van der Waals surface area contributed by atoms with E-state index in [4.69, 9.17) is 22.1 Å². The molecule has 0 aliphatic carbocycles. The zero-order chi connectivity index (χ0) is 12.4. The van der Waals surface area contributed by atoms with Crippen LogP contribution in [0.1, 0.15) is 0 Å². The van der Waals surface area contributed by atoms with Crippen molar-refractivity contribution in [3.05, 3.63) is 41.4 Å². The molecule has 0 atom stereocenters. The molecule has 2 aromatic rings. The number of benzene rings is 2. The molecule has 0 saturated heterocycles. The number of phenols is 2. The molecule has 5 heteroatoms. The van der Waals surface area contributed by atoms with Crippen molar-refractivity contribution in [2.24, 2.45) is 0 Å². The first kappa shape index (κ1) is 11.4. The maximum atomic E-state index is 9.32. The summed E-state index contributed by atoms with van der Waals surface area (Å²) in [6.07, 6.45) is 0. The van der Waals surface area contributed by atoms with Gasteiger partial charge in [-0.05, 0) is 24.3 Å². The van der Waals surface area contributed by atoms with Crippen LogP contribution in [0.4, 0.5) is 5.69 Å². The Kier molecular flexibility index (Phi) is 2.97. The van der Waals surface area contributed by atoms with Crippen molar-refractivity contribution in [3.8, 4) is 23.0 Å². The molecule has 2 aromatic carbocycles. The van der Waals surface area contributed by atoms with Crippen LogP contribution in [0, 0.1) is 0 Å². The second kappa shape index (κ2) is 4.43. The van der Waals surface area contributed by atoms with Crippen molar-refractivity contribution in [2.75, 3.05) is 5.73 Å². The number of halogens is 1. The first-order valence-electron chi connectivity index (χ1n) is 4.81. The van der Waals surface area contributed by atoms with Crippen molar-refractivity contribution in [2.45, 2.75) is 0 Å². The van der Waals surface area contributed by atoms with Gasteiger partial charge >= 0.3 is 0 Å². The summed E-state index contributed by atoms with van der Waals surface area (Å²) in [5, 5.41) is 19.0. The van der Waals surface area contributed by atoms with Crippen molar-refractivity contribution in [1.29, 1.82) is 0 Å². The van der Waals surface area contributed by atoms with E-state index in [1.165, 1.54) is 36.4 Å². The number of rotatable bonds is 2. The predicted octanol–water partition coefficient (Wildman–Crippen LogP) is 3.13. The SMILES string of the molecule is Nc1ccc(O)cc1Oc1cc(O)ccc1Cl. The molecule has 4 N–H and O–H groups in total. The van der Waals surface area contributed by atoms with Crippen LogP contribution in [0.3, 0.4) is 0 Å². The van der Waals surface area contributed by atoms with Crippen LogP contribution < -0.4 is 10.5 Å². The lowest BCUT2D eigenvalue weighted by Gasteiger charge is -2.10. The van der Waals surface area contributed by atoms with Crippen molar-refractivity contribution < 1.29 is 14.9 Å². The molecule has 0 fully saturated rings. The number of anilines is 1. The van der Waals surface area contributed by atoms with E-state index in [-0.39, 0.29) is 23.0 Å². The summed E-state index contributed by atoms with van der Waals surface area (Å²) in [7, 11) is 0. The number of nitrogens with two attached hydrogens (primary N) is 1. The average Bonchev–Trinajstić information content (AvgIpc) is 2.28. The van der Waals surface area contributed by atoms with E-state index in [9.17, 15) is 10.2 Å². The van der Waals surface area contributed by atoms with Gasteiger partial charge in [0.1, 0.15) is 17.2 Å². The Labute approximate surface area is 103 Å². The van der Waals surface area contributed by atoms with E-state index in [0.29, 0.717) is 10.7 Å². The molecule has 0 aliphatic heterocycles.